The standard InChI is InChI=1S/C23H22FN5O3S/c1-3-4-20(15-5-10-22(26-11-15)33(2,31)32)28-23(30)19-12-25-14-21-18(19)13-27-29(21)17-8-6-16(24)7-9-17/h5-14,20H,3-4H2,1-2H3,(H,28,30). The molecule has 0 saturated carbocycles. The molecule has 1 N–H and O–H groups in total. The van der Waals surface area contributed by atoms with E-state index in [1.54, 1.807) is 35.3 Å². The molecule has 3 aromatic heterocycles. The zero-order chi connectivity index (χ0) is 23.6. The molecule has 0 radical (unpaired) electrons. The molecule has 0 fully saturated rings. The van der Waals surface area contributed by atoms with Gasteiger partial charge >= 0.3 is 0 Å². The van der Waals surface area contributed by atoms with Crippen LogP contribution in [0.1, 0.15) is 41.7 Å². The lowest BCUT2D eigenvalue weighted by atomic mass is 10.0. The van der Waals surface area contributed by atoms with Gasteiger partial charge in [-0.3, -0.25) is 9.78 Å². The summed E-state index contributed by atoms with van der Waals surface area (Å²) in [5, 5.41) is 7.94. The number of benzene rings is 1. The molecule has 4 rings (SSSR count). The molecule has 0 bridgehead atoms. The number of sulfone groups is 1. The summed E-state index contributed by atoms with van der Waals surface area (Å²) >= 11 is 0. The van der Waals surface area contributed by atoms with Gasteiger partial charge in [-0.1, -0.05) is 19.4 Å². The van der Waals surface area contributed by atoms with E-state index in [4.69, 9.17) is 0 Å². The highest BCUT2D eigenvalue weighted by Crippen LogP contribution is 2.24. The van der Waals surface area contributed by atoms with Crippen LogP contribution in [0.3, 0.4) is 0 Å². The van der Waals surface area contributed by atoms with E-state index in [1.807, 2.05) is 6.92 Å². The number of hydrogen-bond donors (Lipinski definition) is 1. The molecule has 0 aliphatic heterocycles. The third-order valence-electron chi connectivity index (χ3n) is 5.24. The summed E-state index contributed by atoms with van der Waals surface area (Å²) in [7, 11) is -3.41. The van der Waals surface area contributed by atoms with E-state index < -0.39 is 9.84 Å². The molecule has 8 nitrogen and oxygen atoms in total. The van der Waals surface area contributed by atoms with Crippen molar-refractivity contribution < 1.29 is 17.6 Å². The number of amides is 1. The number of carbonyl (C=O) groups excluding carboxylic acids is 1. The van der Waals surface area contributed by atoms with Crippen LogP contribution >= 0.6 is 0 Å². The van der Waals surface area contributed by atoms with Gasteiger partial charge in [-0.2, -0.15) is 5.10 Å². The van der Waals surface area contributed by atoms with Gasteiger partial charge < -0.3 is 5.32 Å². The van der Waals surface area contributed by atoms with Gasteiger partial charge in [0.2, 0.25) is 0 Å². The number of nitrogens with zero attached hydrogens (tertiary/aromatic N) is 4. The van der Waals surface area contributed by atoms with Crippen molar-refractivity contribution in [3.63, 3.8) is 0 Å². The largest absolute Gasteiger partial charge is 0.345 e. The quantitative estimate of drug-likeness (QED) is 0.445. The maximum absolute atomic E-state index is 13.3. The van der Waals surface area contributed by atoms with Crippen LogP contribution in [0.2, 0.25) is 0 Å². The monoisotopic (exact) mass is 467 g/mol. The molecule has 0 spiro atoms. The molecule has 3 heterocycles. The van der Waals surface area contributed by atoms with Crippen molar-refractivity contribution >= 4 is 26.6 Å². The molecule has 4 aromatic rings. The predicted octanol–water partition coefficient (Wildman–Crippen LogP) is 3.63. The molecule has 33 heavy (non-hydrogen) atoms. The lowest BCUT2D eigenvalue weighted by molar-refractivity contribution is 0.0935. The Kier molecular flexibility index (Phi) is 6.19. The van der Waals surface area contributed by atoms with E-state index in [1.165, 1.54) is 30.6 Å². The smallest absolute Gasteiger partial charge is 0.254 e. The summed E-state index contributed by atoms with van der Waals surface area (Å²) in [4.78, 5) is 21.4. The Morgan fingerprint density at radius 2 is 1.85 bits per heavy atom. The summed E-state index contributed by atoms with van der Waals surface area (Å²) in [6.07, 6.45) is 8.66. The van der Waals surface area contributed by atoms with Crippen LogP contribution in [0.15, 0.2) is 66.2 Å². The molecule has 0 saturated heterocycles. The van der Waals surface area contributed by atoms with E-state index in [9.17, 15) is 17.6 Å². The number of hydrogen-bond acceptors (Lipinski definition) is 6. The Morgan fingerprint density at radius 3 is 2.48 bits per heavy atom. The minimum atomic E-state index is -3.41. The number of nitrogens with one attached hydrogen (secondary N) is 1. The summed E-state index contributed by atoms with van der Waals surface area (Å²) < 4.78 is 38.2. The number of carbonyl (C=O) groups is 1. The zero-order valence-corrected chi connectivity index (χ0v) is 18.9. The lowest BCUT2D eigenvalue weighted by Crippen LogP contribution is -2.29. The highest BCUT2D eigenvalue weighted by atomic mass is 32.2. The Bertz CT molecular complexity index is 1400. The fourth-order valence-electron chi connectivity index (χ4n) is 3.57. The Morgan fingerprint density at radius 1 is 1.09 bits per heavy atom. The average Bonchev–Trinajstić information content (AvgIpc) is 3.23. The van der Waals surface area contributed by atoms with Gasteiger partial charge in [-0.05, 0) is 42.3 Å². The number of fused-ring (bicyclic) bond motifs is 1. The zero-order valence-electron chi connectivity index (χ0n) is 18.1. The van der Waals surface area contributed by atoms with E-state index in [0.717, 1.165) is 12.7 Å². The summed E-state index contributed by atoms with van der Waals surface area (Å²) in [5.74, 6) is -0.688. The molecule has 1 atom stereocenters. The molecule has 0 aliphatic carbocycles. The van der Waals surface area contributed by atoms with Gasteiger partial charge in [0.15, 0.2) is 14.9 Å². The van der Waals surface area contributed by atoms with E-state index in [-0.39, 0.29) is 22.8 Å². The van der Waals surface area contributed by atoms with Crippen molar-refractivity contribution in [2.24, 2.45) is 0 Å². The van der Waals surface area contributed by atoms with Crippen LogP contribution in [0.4, 0.5) is 4.39 Å². The van der Waals surface area contributed by atoms with Crippen molar-refractivity contribution in [2.45, 2.75) is 30.8 Å². The van der Waals surface area contributed by atoms with E-state index in [2.05, 4.69) is 20.4 Å². The number of aromatic nitrogens is 4. The Labute approximate surface area is 190 Å². The van der Waals surface area contributed by atoms with Crippen LogP contribution in [-0.2, 0) is 9.84 Å². The maximum atomic E-state index is 13.3. The fraction of sp³-hybridized carbons (Fsp3) is 0.217. The van der Waals surface area contributed by atoms with Crippen molar-refractivity contribution in [3.05, 3.63) is 78.1 Å². The van der Waals surface area contributed by atoms with Crippen LogP contribution in [0, 0.1) is 5.82 Å². The molecule has 170 valence electrons. The van der Waals surface area contributed by atoms with Crippen LogP contribution in [0.5, 0.6) is 0 Å². The SMILES string of the molecule is CCCC(NC(=O)c1cncc2c1cnn2-c1ccc(F)cc1)c1ccc(S(C)(=O)=O)nc1. The molecule has 1 amide bonds. The minimum Gasteiger partial charge on any atom is -0.345 e. The van der Waals surface area contributed by atoms with Gasteiger partial charge in [-0.15, -0.1) is 0 Å². The second-order valence-corrected chi connectivity index (χ2v) is 9.63. The maximum Gasteiger partial charge on any atom is 0.254 e. The predicted molar refractivity (Wildman–Crippen MR) is 121 cm³/mol. The van der Waals surface area contributed by atoms with Crippen molar-refractivity contribution in [1.82, 2.24) is 25.1 Å². The summed E-state index contributed by atoms with van der Waals surface area (Å²) in [5.41, 5.74) is 2.31. The van der Waals surface area contributed by atoms with Gasteiger partial charge in [-0.25, -0.2) is 22.5 Å². The third kappa shape index (κ3) is 4.75. The van der Waals surface area contributed by atoms with E-state index >= 15 is 0 Å². The first-order valence-corrected chi connectivity index (χ1v) is 12.2. The van der Waals surface area contributed by atoms with E-state index in [0.29, 0.717) is 34.1 Å². The highest BCUT2D eigenvalue weighted by molar-refractivity contribution is 7.90. The first kappa shape index (κ1) is 22.5. The first-order chi connectivity index (χ1) is 15.8. The molecular weight excluding hydrogens is 445 g/mol. The molecular formula is C23H22FN5O3S. The Hall–Kier alpha value is -3.66. The number of rotatable bonds is 7. The second kappa shape index (κ2) is 9.07. The van der Waals surface area contributed by atoms with Crippen LogP contribution < -0.4 is 5.32 Å². The van der Waals surface area contributed by atoms with Crippen molar-refractivity contribution in [3.8, 4) is 5.69 Å². The van der Waals surface area contributed by atoms with Crippen molar-refractivity contribution in [2.75, 3.05) is 6.26 Å². The van der Waals surface area contributed by atoms with Gasteiger partial charge in [0.1, 0.15) is 5.82 Å². The van der Waals surface area contributed by atoms with Gasteiger partial charge in [0, 0.05) is 24.0 Å². The summed E-state index contributed by atoms with van der Waals surface area (Å²) in [6.45, 7) is 1.99. The average molecular weight is 468 g/mol. The van der Waals surface area contributed by atoms with Gasteiger partial charge in [0.05, 0.1) is 35.2 Å². The Balaban J connectivity index is 1.64. The fourth-order valence-corrected chi connectivity index (χ4v) is 4.13. The first-order valence-electron chi connectivity index (χ1n) is 10.3. The third-order valence-corrected chi connectivity index (χ3v) is 6.24. The molecule has 10 heteroatoms. The molecule has 1 aromatic carbocycles. The number of halogens is 1. The van der Waals surface area contributed by atoms with Gasteiger partial charge in [0.25, 0.3) is 5.91 Å². The number of pyridine rings is 2. The van der Waals surface area contributed by atoms with Crippen molar-refractivity contribution in [1.29, 1.82) is 0 Å². The molecule has 0 aliphatic rings. The van der Waals surface area contributed by atoms with Crippen LogP contribution in [0.25, 0.3) is 16.6 Å². The molecule has 1 unspecified atom stereocenters. The minimum absolute atomic E-state index is 0.0185. The summed E-state index contributed by atoms with van der Waals surface area (Å²) in [6, 6.07) is 8.62. The van der Waals surface area contributed by atoms with Crippen LogP contribution in [-0.4, -0.2) is 40.3 Å². The normalized spacial score (nSPS) is 12.6. The topological polar surface area (TPSA) is 107 Å². The second-order valence-electron chi connectivity index (χ2n) is 7.67. The lowest BCUT2D eigenvalue weighted by Gasteiger charge is -2.19. The highest BCUT2D eigenvalue weighted by Gasteiger charge is 2.20.